The van der Waals surface area contributed by atoms with Crippen LogP contribution in [0.15, 0.2) is 48.5 Å². The summed E-state index contributed by atoms with van der Waals surface area (Å²) in [5.74, 6) is -0.00279. The van der Waals surface area contributed by atoms with Crippen molar-refractivity contribution in [1.29, 1.82) is 0 Å². The van der Waals surface area contributed by atoms with Crippen LogP contribution in [0.4, 0.5) is 5.69 Å². The largest absolute Gasteiger partial charge is 0.349 e. The summed E-state index contributed by atoms with van der Waals surface area (Å²) in [5, 5.41) is 5.86. The number of hydrogen-bond acceptors (Lipinski definition) is 2. The van der Waals surface area contributed by atoms with Crippen molar-refractivity contribution >= 4 is 17.5 Å². The zero-order valence-electron chi connectivity index (χ0n) is 16.5. The molecule has 0 heterocycles. The lowest BCUT2D eigenvalue weighted by Gasteiger charge is -2.15. The monoisotopic (exact) mass is 366 g/mol. The van der Waals surface area contributed by atoms with Crippen LogP contribution in [0.1, 0.15) is 62.8 Å². The summed E-state index contributed by atoms with van der Waals surface area (Å²) < 4.78 is 0. The van der Waals surface area contributed by atoms with E-state index in [4.69, 9.17) is 0 Å². The molecule has 2 N–H and O–H groups in total. The summed E-state index contributed by atoms with van der Waals surface area (Å²) in [6.45, 7) is 5.97. The van der Waals surface area contributed by atoms with Gasteiger partial charge in [0.1, 0.15) is 0 Å². The summed E-state index contributed by atoms with van der Waals surface area (Å²) in [6.07, 6.45) is 4.30. The highest BCUT2D eigenvalue weighted by Crippen LogP contribution is 2.17. The first-order valence-corrected chi connectivity index (χ1v) is 9.78. The summed E-state index contributed by atoms with van der Waals surface area (Å²) >= 11 is 0. The zero-order valence-corrected chi connectivity index (χ0v) is 16.5. The second-order valence-corrected chi connectivity index (χ2v) is 6.91. The summed E-state index contributed by atoms with van der Waals surface area (Å²) in [6, 6.07) is 15.8. The molecule has 0 aliphatic heterocycles. The summed E-state index contributed by atoms with van der Waals surface area (Å²) in [5.41, 5.74) is 4.13. The normalized spacial score (nSPS) is 11.7. The Balaban J connectivity index is 1.86. The van der Waals surface area contributed by atoms with Gasteiger partial charge in [0.05, 0.1) is 12.5 Å². The molecule has 0 aliphatic carbocycles. The molecule has 0 spiro atoms. The predicted molar refractivity (Wildman–Crippen MR) is 111 cm³/mol. The molecule has 4 nitrogen and oxygen atoms in total. The number of anilines is 1. The molecule has 2 aromatic carbocycles. The molecule has 4 heteroatoms. The second-order valence-electron chi connectivity index (χ2n) is 6.91. The van der Waals surface area contributed by atoms with E-state index in [0.717, 1.165) is 23.2 Å². The van der Waals surface area contributed by atoms with Gasteiger partial charge in [-0.15, -0.1) is 0 Å². The third-order valence-electron chi connectivity index (χ3n) is 4.60. The van der Waals surface area contributed by atoms with Crippen molar-refractivity contribution in [3.63, 3.8) is 0 Å². The molecule has 0 aromatic heterocycles. The smallest absolute Gasteiger partial charge is 0.224 e. The van der Waals surface area contributed by atoms with E-state index in [9.17, 15) is 9.59 Å². The molecule has 2 amide bonds. The molecule has 0 bridgehead atoms. The fourth-order valence-corrected chi connectivity index (χ4v) is 2.87. The standard InChI is InChI=1S/C23H30N2O2/c1-4-6-7-18-8-10-19(11-9-18)16-23(27)24-17(3)20-12-14-21(15-13-20)25-22(26)5-2/h8-15,17H,4-7,16H2,1-3H3,(H,24,27)(H,25,26). The van der Waals surface area contributed by atoms with Crippen LogP contribution in [-0.4, -0.2) is 11.8 Å². The fourth-order valence-electron chi connectivity index (χ4n) is 2.87. The van der Waals surface area contributed by atoms with Gasteiger partial charge in [0.2, 0.25) is 11.8 Å². The van der Waals surface area contributed by atoms with Crippen molar-refractivity contribution in [3.05, 3.63) is 65.2 Å². The first-order valence-electron chi connectivity index (χ1n) is 9.78. The van der Waals surface area contributed by atoms with Crippen molar-refractivity contribution < 1.29 is 9.59 Å². The van der Waals surface area contributed by atoms with Gasteiger partial charge in [-0.1, -0.05) is 56.7 Å². The van der Waals surface area contributed by atoms with Crippen LogP contribution in [0.25, 0.3) is 0 Å². The Hall–Kier alpha value is -2.62. The molecule has 2 rings (SSSR count). The van der Waals surface area contributed by atoms with Gasteiger partial charge in [-0.05, 0) is 48.6 Å². The molecule has 0 saturated carbocycles. The molecular formula is C23H30N2O2. The molecule has 1 atom stereocenters. The number of nitrogens with one attached hydrogen (secondary N) is 2. The number of benzene rings is 2. The maximum absolute atomic E-state index is 12.3. The third kappa shape index (κ3) is 6.89. The molecule has 0 saturated heterocycles. The average molecular weight is 367 g/mol. The molecule has 1 unspecified atom stereocenters. The minimum atomic E-state index is -0.0859. The minimum absolute atomic E-state index is 0.00664. The Labute approximate surface area is 162 Å². The Kier molecular flexibility index (Phi) is 8.05. The molecule has 0 fully saturated rings. The van der Waals surface area contributed by atoms with Gasteiger partial charge >= 0.3 is 0 Å². The first-order chi connectivity index (χ1) is 13.0. The first kappa shape index (κ1) is 20.7. The van der Waals surface area contributed by atoms with Crippen LogP contribution < -0.4 is 10.6 Å². The van der Waals surface area contributed by atoms with Crippen molar-refractivity contribution in [2.24, 2.45) is 0 Å². The maximum atomic E-state index is 12.3. The van der Waals surface area contributed by atoms with Crippen LogP contribution in [0, 0.1) is 0 Å². The zero-order chi connectivity index (χ0) is 19.6. The average Bonchev–Trinajstić information content (AvgIpc) is 2.67. The highest BCUT2D eigenvalue weighted by molar-refractivity contribution is 5.90. The van der Waals surface area contributed by atoms with Gasteiger partial charge in [-0.2, -0.15) is 0 Å². The number of hydrogen-bond donors (Lipinski definition) is 2. The van der Waals surface area contributed by atoms with Gasteiger partial charge in [0.15, 0.2) is 0 Å². The Morgan fingerprint density at radius 2 is 1.52 bits per heavy atom. The number of carbonyl (C=O) groups excluding carboxylic acids is 2. The topological polar surface area (TPSA) is 58.2 Å². The molecule has 0 aliphatic rings. The van der Waals surface area contributed by atoms with Gasteiger partial charge in [0.25, 0.3) is 0 Å². The highest BCUT2D eigenvalue weighted by Gasteiger charge is 2.10. The summed E-state index contributed by atoms with van der Waals surface area (Å²) in [7, 11) is 0. The van der Waals surface area contributed by atoms with Gasteiger partial charge < -0.3 is 10.6 Å². The van der Waals surface area contributed by atoms with Crippen LogP contribution >= 0.6 is 0 Å². The molecule has 2 aromatic rings. The number of unbranched alkanes of at least 4 members (excludes halogenated alkanes) is 1. The van der Waals surface area contributed by atoms with Crippen LogP contribution in [0.5, 0.6) is 0 Å². The van der Waals surface area contributed by atoms with Crippen LogP contribution in [0.3, 0.4) is 0 Å². The number of rotatable bonds is 9. The van der Waals surface area contributed by atoms with Crippen LogP contribution in [0.2, 0.25) is 0 Å². The number of aryl methyl sites for hydroxylation is 1. The molecule has 0 radical (unpaired) electrons. The third-order valence-corrected chi connectivity index (χ3v) is 4.60. The van der Waals surface area contributed by atoms with Gasteiger partial charge in [0, 0.05) is 12.1 Å². The van der Waals surface area contributed by atoms with E-state index in [1.165, 1.54) is 18.4 Å². The van der Waals surface area contributed by atoms with E-state index in [-0.39, 0.29) is 17.9 Å². The van der Waals surface area contributed by atoms with E-state index in [2.05, 4.69) is 29.7 Å². The number of amides is 2. The Morgan fingerprint density at radius 3 is 2.11 bits per heavy atom. The van der Waals surface area contributed by atoms with E-state index >= 15 is 0 Å². The van der Waals surface area contributed by atoms with E-state index in [1.54, 1.807) is 0 Å². The Morgan fingerprint density at radius 1 is 0.889 bits per heavy atom. The molecule has 144 valence electrons. The lowest BCUT2D eigenvalue weighted by Crippen LogP contribution is -2.28. The minimum Gasteiger partial charge on any atom is -0.349 e. The fraction of sp³-hybridized carbons (Fsp3) is 0.391. The maximum Gasteiger partial charge on any atom is 0.224 e. The SMILES string of the molecule is CCCCc1ccc(CC(=O)NC(C)c2ccc(NC(=O)CC)cc2)cc1. The van der Waals surface area contributed by atoms with Gasteiger partial charge in [-0.25, -0.2) is 0 Å². The quantitative estimate of drug-likeness (QED) is 0.670. The van der Waals surface area contributed by atoms with Crippen molar-refractivity contribution in [3.8, 4) is 0 Å². The Bertz CT molecular complexity index is 736. The highest BCUT2D eigenvalue weighted by atomic mass is 16.2. The van der Waals surface area contributed by atoms with Crippen molar-refractivity contribution in [1.82, 2.24) is 5.32 Å². The van der Waals surface area contributed by atoms with E-state index < -0.39 is 0 Å². The summed E-state index contributed by atoms with van der Waals surface area (Å²) in [4.78, 5) is 23.8. The van der Waals surface area contributed by atoms with Crippen molar-refractivity contribution in [2.45, 2.75) is 58.9 Å². The van der Waals surface area contributed by atoms with E-state index in [1.807, 2.05) is 50.2 Å². The number of carbonyl (C=O) groups is 2. The van der Waals surface area contributed by atoms with Gasteiger partial charge in [-0.3, -0.25) is 9.59 Å². The van der Waals surface area contributed by atoms with Crippen LogP contribution in [-0.2, 0) is 22.4 Å². The molecular weight excluding hydrogens is 336 g/mol. The predicted octanol–water partition coefficient (Wildman–Crippen LogP) is 4.80. The molecule has 27 heavy (non-hydrogen) atoms. The lowest BCUT2D eigenvalue weighted by atomic mass is 10.0. The second kappa shape index (κ2) is 10.5. The van der Waals surface area contributed by atoms with Crippen molar-refractivity contribution in [2.75, 3.05) is 5.32 Å². The van der Waals surface area contributed by atoms with E-state index in [0.29, 0.717) is 12.8 Å². The lowest BCUT2D eigenvalue weighted by molar-refractivity contribution is -0.121.